The molecule has 2 aromatic carbocycles. The lowest BCUT2D eigenvalue weighted by Gasteiger charge is -2.24. The summed E-state index contributed by atoms with van der Waals surface area (Å²) >= 11 is 6.40. The molecule has 200 valence electrons. The minimum atomic E-state index is -4.80. The first-order valence-electron chi connectivity index (χ1n) is 11.5. The standard InChI is InChI=1S/C27H26ClF3N4O3/c1-4-8-18(2)17-24(35(3)23-11-6-5-9-21(23)28)37-25-22(10-7-16-32-25)34-26(36)33-19-12-14-20(15-13-19)38-27(29,30)31/h5-17H,4H2,1-3H3,(H2,33,34,36)/b18-8+,24-17+. The third-order valence-corrected chi connectivity index (χ3v) is 5.31. The maximum atomic E-state index is 12.6. The van der Waals surface area contributed by atoms with Gasteiger partial charge in [-0.1, -0.05) is 36.7 Å². The monoisotopic (exact) mass is 546 g/mol. The molecule has 0 saturated carbocycles. The molecule has 2 N–H and O–H groups in total. The van der Waals surface area contributed by atoms with Crippen LogP contribution in [-0.4, -0.2) is 24.4 Å². The summed E-state index contributed by atoms with van der Waals surface area (Å²) in [5.41, 5.74) is 2.16. The number of urea groups is 1. The van der Waals surface area contributed by atoms with Crippen LogP contribution in [0, 0.1) is 0 Å². The van der Waals surface area contributed by atoms with Crippen LogP contribution in [0.4, 0.5) is 35.0 Å². The van der Waals surface area contributed by atoms with E-state index in [9.17, 15) is 18.0 Å². The van der Waals surface area contributed by atoms with Gasteiger partial charge in [0.05, 0.1) is 10.7 Å². The van der Waals surface area contributed by atoms with Gasteiger partial charge in [-0.2, -0.15) is 0 Å². The summed E-state index contributed by atoms with van der Waals surface area (Å²) in [7, 11) is 1.79. The lowest BCUT2D eigenvalue weighted by Crippen LogP contribution is -2.23. The van der Waals surface area contributed by atoms with Crippen LogP contribution in [0.5, 0.6) is 11.6 Å². The number of aromatic nitrogens is 1. The molecule has 3 rings (SSSR count). The number of ether oxygens (including phenoxy) is 2. The van der Waals surface area contributed by atoms with Gasteiger partial charge in [-0.25, -0.2) is 9.78 Å². The van der Waals surface area contributed by atoms with Gasteiger partial charge in [-0.05, 0) is 67.4 Å². The number of nitrogens with one attached hydrogen (secondary N) is 2. The molecule has 0 aliphatic rings. The summed E-state index contributed by atoms with van der Waals surface area (Å²) in [5.74, 6) is 0.120. The number of hydrogen-bond acceptors (Lipinski definition) is 5. The van der Waals surface area contributed by atoms with Crippen molar-refractivity contribution in [3.63, 3.8) is 0 Å². The molecule has 2 amide bonds. The number of amides is 2. The second kappa shape index (κ2) is 12.9. The Labute approximate surface area is 223 Å². The summed E-state index contributed by atoms with van der Waals surface area (Å²) in [6, 6.07) is 14.6. The first-order valence-corrected chi connectivity index (χ1v) is 11.9. The molecule has 0 bridgehead atoms. The van der Waals surface area contributed by atoms with Gasteiger partial charge in [0.25, 0.3) is 0 Å². The third kappa shape index (κ3) is 8.45. The lowest BCUT2D eigenvalue weighted by atomic mass is 10.2. The summed E-state index contributed by atoms with van der Waals surface area (Å²) in [5, 5.41) is 5.72. The van der Waals surface area contributed by atoms with Crippen LogP contribution in [0.2, 0.25) is 5.02 Å². The highest BCUT2D eigenvalue weighted by Gasteiger charge is 2.31. The number of halogens is 4. The van der Waals surface area contributed by atoms with Crippen molar-refractivity contribution in [3.8, 4) is 11.6 Å². The van der Waals surface area contributed by atoms with E-state index in [2.05, 4.69) is 20.4 Å². The Morgan fingerprint density at radius 2 is 1.79 bits per heavy atom. The number of nitrogens with zero attached hydrogens (tertiary/aromatic N) is 2. The molecule has 7 nitrogen and oxygen atoms in total. The van der Waals surface area contributed by atoms with Crippen LogP contribution >= 0.6 is 11.6 Å². The smallest absolute Gasteiger partial charge is 0.420 e. The topological polar surface area (TPSA) is 75.7 Å². The fourth-order valence-corrected chi connectivity index (χ4v) is 3.57. The highest BCUT2D eigenvalue weighted by Crippen LogP contribution is 2.30. The predicted molar refractivity (Wildman–Crippen MR) is 143 cm³/mol. The van der Waals surface area contributed by atoms with Crippen LogP contribution in [0.3, 0.4) is 0 Å². The van der Waals surface area contributed by atoms with E-state index >= 15 is 0 Å². The highest BCUT2D eigenvalue weighted by molar-refractivity contribution is 6.33. The molecular formula is C27H26ClF3N4O3. The quantitative estimate of drug-likeness (QED) is 0.210. The third-order valence-electron chi connectivity index (χ3n) is 4.99. The fourth-order valence-electron chi connectivity index (χ4n) is 3.30. The van der Waals surface area contributed by atoms with E-state index in [-0.39, 0.29) is 17.3 Å². The second-order valence-electron chi connectivity index (χ2n) is 7.96. The number of benzene rings is 2. The van der Waals surface area contributed by atoms with Gasteiger partial charge in [0.2, 0.25) is 11.8 Å². The zero-order valence-corrected chi connectivity index (χ0v) is 21.6. The summed E-state index contributed by atoms with van der Waals surface area (Å²) < 4.78 is 47.1. The van der Waals surface area contributed by atoms with Crippen LogP contribution in [0.15, 0.2) is 90.5 Å². The zero-order valence-electron chi connectivity index (χ0n) is 20.8. The molecule has 0 fully saturated rings. The molecular weight excluding hydrogens is 521 g/mol. The molecule has 0 unspecified atom stereocenters. The van der Waals surface area contributed by atoms with Crippen molar-refractivity contribution in [1.29, 1.82) is 0 Å². The van der Waals surface area contributed by atoms with Crippen molar-refractivity contribution < 1.29 is 27.4 Å². The van der Waals surface area contributed by atoms with Gasteiger partial charge in [-0.15, -0.1) is 13.2 Å². The van der Waals surface area contributed by atoms with Crippen LogP contribution in [0.1, 0.15) is 20.3 Å². The maximum absolute atomic E-state index is 12.6. The van der Waals surface area contributed by atoms with Gasteiger partial charge < -0.3 is 25.0 Å². The second-order valence-corrected chi connectivity index (χ2v) is 8.37. The average molecular weight is 547 g/mol. The molecule has 0 atom stereocenters. The van der Waals surface area contributed by atoms with Gasteiger partial charge in [0, 0.05) is 25.0 Å². The zero-order chi connectivity index (χ0) is 27.7. The number of para-hydroxylation sites is 1. The number of alkyl halides is 3. The number of allylic oxidation sites excluding steroid dienone is 3. The molecule has 1 heterocycles. The summed E-state index contributed by atoms with van der Waals surface area (Å²) in [6.45, 7) is 3.95. The largest absolute Gasteiger partial charge is 0.573 e. The van der Waals surface area contributed by atoms with E-state index in [1.165, 1.54) is 18.3 Å². The predicted octanol–water partition coefficient (Wildman–Crippen LogP) is 7.99. The van der Waals surface area contributed by atoms with Crippen molar-refractivity contribution in [2.75, 3.05) is 22.6 Å². The number of anilines is 3. The highest BCUT2D eigenvalue weighted by atomic mass is 35.5. The Hall–Kier alpha value is -4.18. The minimum Gasteiger partial charge on any atom is -0.420 e. The molecule has 0 radical (unpaired) electrons. The number of rotatable bonds is 9. The van der Waals surface area contributed by atoms with Crippen LogP contribution in [0.25, 0.3) is 0 Å². The van der Waals surface area contributed by atoms with E-state index < -0.39 is 18.1 Å². The molecule has 0 saturated heterocycles. The Balaban J connectivity index is 1.80. The van der Waals surface area contributed by atoms with E-state index in [1.54, 1.807) is 30.1 Å². The SMILES string of the molecule is CC/C=C(C)/C=C(/Oc1ncccc1NC(=O)Nc1ccc(OC(F)(F)F)cc1)N(C)c1ccccc1Cl. The van der Waals surface area contributed by atoms with E-state index in [0.717, 1.165) is 24.1 Å². The fraction of sp³-hybridized carbons (Fsp3) is 0.185. The maximum Gasteiger partial charge on any atom is 0.573 e. The molecule has 1 aromatic heterocycles. The van der Waals surface area contributed by atoms with E-state index in [1.807, 2.05) is 44.2 Å². The molecule has 38 heavy (non-hydrogen) atoms. The number of pyridine rings is 1. The molecule has 0 spiro atoms. The van der Waals surface area contributed by atoms with Gasteiger partial charge in [-0.3, -0.25) is 0 Å². The number of hydrogen-bond donors (Lipinski definition) is 2. The van der Waals surface area contributed by atoms with Crippen molar-refractivity contribution in [2.24, 2.45) is 0 Å². The van der Waals surface area contributed by atoms with Gasteiger partial charge in [0.1, 0.15) is 11.4 Å². The van der Waals surface area contributed by atoms with E-state index in [0.29, 0.717) is 16.6 Å². The lowest BCUT2D eigenvalue weighted by molar-refractivity contribution is -0.274. The van der Waals surface area contributed by atoms with Crippen LogP contribution < -0.4 is 25.0 Å². The molecule has 11 heteroatoms. The van der Waals surface area contributed by atoms with Crippen molar-refractivity contribution in [3.05, 3.63) is 95.5 Å². The minimum absolute atomic E-state index is 0.117. The van der Waals surface area contributed by atoms with Crippen molar-refractivity contribution >= 4 is 34.7 Å². The molecule has 0 aliphatic heterocycles. The Morgan fingerprint density at radius 3 is 2.45 bits per heavy atom. The summed E-state index contributed by atoms with van der Waals surface area (Å²) in [6.07, 6.45) is 1.39. The first-order chi connectivity index (χ1) is 18.1. The number of carbonyl (C=O) groups excluding carboxylic acids is 1. The normalized spacial score (nSPS) is 12.1. The van der Waals surface area contributed by atoms with Gasteiger partial charge >= 0.3 is 12.4 Å². The Morgan fingerprint density at radius 1 is 1.08 bits per heavy atom. The Kier molecular flexibility index (Phi) is 9.61. The molecule has 3 aromatic rings. The first kappa shape index (κ1) is 28.4. The average Bonchev–Trinajstić information content (AvgIpc) is 2.85. The van der Waals surface area contributed by atoms with Crippen molar-refractivity contribution in [1.82, 2.24) is 4.98 Å². The number of carbonyl (C=O) groups is 1. The van der Waals surface area contributed by atoms with E-state index in [4.69, 9.17) is 16.3 Å². The molecule has 0 aliphatic carbocycles. The van der Waals surface area contributed by atoms with Crippen LogP contribution in [-0.2, 0) is 0 Å². The summed E-state index contributed by atoms with van der Waals surface area (Å²) in [4.78, 5) is 18.7. The van der Waals surface area contributed by atoms with Crippen molar-refractivity contribution in [2.45, 2.75) is 26.6 Å². The Bertz CT molecular complexity index is 1310. The van der Waals surface area contributed by atoms with Gasteiger partial charge in [0.15, 0.2) is 0 Å².